The van der Waals surface area contributed by atoms with E-state index in [1.54, 1.807) is 18.3 Å². The van der Waals surface area contributed by atoms with Crippen molar-refractivity contribution < 1.29 is 14.0 Å². The van der Waals surface area contributed by atoms with E-state index in [1.807, 2.05) is 18.2 Å². The number of hydrogen-bond acceptors (Lipinski definition) is 5. The van der Waals surface area contributed by atoms with Gasteiger partial charge in [0, 0.05) is 34.9 Å². The van der Waals surface area contributed by atoms with Crippen molar-refractivity contribution in [3.8, 4) is 0 Å². The molecule has 2 N–H and O–H groups in total. The van der Waals surface area contributed by atoms with Gasteiger partial charge in [-0.1, -0.05) is 34.1 Å². The first kappa shape index (κ1) is 19.3. The molecule has 0 fully saturated rings. The normalized spacial score (nSPS) is 10.6. The number of halogens is 1. The van der Waals surface area contributed by atoms with Crippen LogP contribution in [0.2, 0.25) is 0 Å². The molecule has 0 spiro atoms. The molecule has 0 aliphatic heterocycles. The molecule has 2 aromatic heterocycles. The van der Waals surface area contributed by atoms with Crippen molar-refractivity contribution >= 4 is 44.2 Å². The molecule has 27 heavy (non-hydrogen) atoms. The molecular weight excluding hydrogens is 430 g/mol. The maximum absolute atomic E-state index is 12.0. The van der Waals surface area contributed by atoms with Gasteiger partial charge < -0.3 is 15.1 Å². The van der Waals surface area contributed by atoms with Crippen LogP contribution in [0.4, 0.5) is 5.13 Å². The van der Waals surface area contributed by atoms with E-state index < -0.39 is 0 Å². The zero-order chi connectivity index (χ0) is 19.1. The number of aromatic nitrogens is 1. The lowest BCUT2D eigenvalue weighted by atomic mass is 10.1. The molecule has 3 rings (SSSR count). The molecule has 0 saturated carbocycles. The largest absolute Gasteiger partial charge is 0.459 e. The number of furan rings is 1. The molecule has 140 valence electrons. The Kier molecular flexibility index (Phi) is 6.78. The second kappa shape index (κ2) is 9.48. The summed E-state index contributed by atoms with van der Waals surface area (Å²) in [6.45, 7) is 0.401. The van der Waals surface area contributed by atoms with Crippen LogP contribution in [-0.4, -0.2) is 23.3 Å². The van der Waals surface area contributed by atoms with Crippen LogP contribution in [0.3, 0.4) is 0 Å². The molecule has 8 heteroatoms. The summed E-state index contributed by atoms with van der Waals surface area (Å²) >= 11 is 5.00. The Morgan fingerprint density at radius 3 is 2.81 bits per heavy atom. The van der Waals surface area contributed by atoms with Crippen molar-refractivity contribution in [1.82, 2.24) is 10.3 Å². The number of nitrogens with one attached hydrogen (secondary N) is 2. The summed E-state index contributed by atoms with van der Waals surface area (Å²) in [4.78, 5) is 29.1. The topological polar surface area (TPSA) is 84.2 Å². The summed E-state index contributed by atoms with van der Waals surface area (Å²) < 4.78 is 6.06. The summed E-state index contributed by atoms with van der Waals surface area (Å²) in [5, 5.41) is 6.10. The summed E-state index contributed by atoms with van der Waals surface area (Å²) in [6, 6.07) is 11.3. The lowest BCUT2D eigenvalue weighted by Gasteiger charge is -2.03. The first-order valence-electron chi connectivity index (χ1n) is 8.41. The van der Waals surface area contributed by atoms with Gasteiger partial charge in [-0.25, -0.2) is 4.98 Å². The Morgan fingerprint density at radius 2 is 2.04 bits per heavy atom. The quantitative estimate of drug-likeness (QED) is 0.505. The number of anilines is 1. The van der Waals surface area contributed by atoms with Crippen molar-refractivity contribution in [1.29, 1.82) is 0 Å². The second-order valence-electron chi connectivity index (χ2n) is 5.78. The number of nitrogens with zero attached hydrogens (tertiary/aromatic N) is 1. The molecule has 0 atom stereocenters. The van der Waals surface area contributed by atoms with E-state index in [0.717, 1.165) is 15.8 Å². The first-order chi connectivity index (χ1) is 13.1. The predicted octanol–water partition coefficient (Wildman–Crippen LogP) is 4.24. The van der Waals surface area contributed by atoms with Gasteiger partial charge in [-0.15, -0.1) is 11.3 Å². The number of carbonyl (C=O) groups excluding carboxylic acids is 2. The van der Waals surface area contributed by atoms with E-state index in [2.05, 4.69) is 37.6 Å². The van der Waals surface area contributed by atoms with Crippen LogP contribution in [0.15, 0.2) is 57.7 Å². The third-order valence-corrected chi connectivity index (χ3v) is 5.42. The highest BCUT2D eigenvalue weighted by atomic mass is 79.9. The van der Waals surface area contributed by atoms with Gasteiger partial charge in [0.1, 0.15) is 0 Å². The molecule has 0 saturated heterocycles. The van der Waals surface area contributed by atoms with Crippen molar-refractivity contribution in [2.24, 2.45) is 0 Å². The molecule has 6 nitrogen and oxygen atoms in total. The van der Waals surface area contributed by atoms with Crippen LogP contribution in [0.25, 0.3) is 0 Å². The van der Waals surface area contributed by atoms with Gasteiger partial charge in [0.25, 0.3) is 5.91 Å². The van der Waals surface area contributed by atoms with Gasteiger partial charge in [-0.3, -0.25) is 9.59 Å². The number of benzene rings is 1. The summed E-state index contributed by atoms with van der Waals surface area (Å²) in [6.07, 6.45) is 4.82. The average molecular weight is 448 g/mol. The zero-order valence-electron chi connectivity index (χ0n) is 14.4. The third kappa shape index (κ3) is 5.77. The van der Waals surface area contributed by atoms with Crippen LogP contribution < -0.4 is 10.6 Å². The van der Waals surface area contributed by atoms with Crippen molar-refractivity contribution in [2.75, 3.05) is 11.9 Å². The van der Waals surface area contributed by atoms with Crippen molar-refractivity contribution in [3.05, 3.63) is 69.5 Å². The van der Waals surface area contributed by atoms with Gasteiger partial charge in [0.05, 0.1) is 6.26 Å². The van der Waals surface area contributed by atoms with Gasteiger partial charge in [-0.2, -0.15) is 0 Å². The minimum atomic E-state index is -0.281. The average Bonchev–Trinajstić information content (AvgIpc) is 3.33. The second-order valence-corrected chi connectivity index (χ2v) is 7.75. The molecule has 0 aliphatic carbocycles. The van der Waals surface area contributed by atoms with Crippen LogP contribution >= 0.6 is 27.3 Å². The Morgan fingerprint density at radius 1 is 1.19 bits per heavy atom. The fourth-order valence-corrected chi connectivity index (χ4v) is 3.68. The Labute approximate surface area is 169 Å². The number of carbonyl (C=O) groups is 2. The molecule has 0 bridgehead atoms. The van der Waals surface area contributed by atoms with E-state index in [4.69, 9.17) is 4.42 Å². The van der Waals surface area contributed by atoms with E-state index in [9.17, 15) is 9.59 Å². The first-order valence-corrected chi connectivity index (χ1v) is 10.0. The maximum Gasteiger partial charge on any atom is 0.286 e. The maximum atomic E-state index is 12.0. The molecule has 2 amide bonds. The number of thiazole rings is 1. The Bertz CT molecular complexity index is 909. The molecule has 2 heterocycles. The third-order valence-electron chi connectivity index (χ3n) is 3.73. The van der Waals surface area contributed by atoms with E-state index in [0.29, 0.717) is 24.5 Å². The summed E-state index contributed by atoms with van der Waals surface area (Å²) in [5.41, 5.74) is 1.17. The highest BCUT2D eigenvalue weighted by molar-refractivity contribution is 9.10. The van der Waals surface area contributed by atoms with Crippen molar-refractivity contribution in [3.63, 3.8) is 0 Å². The van der Waals surface area contributed by atoms with Gasteiger partial charge in [-0.05, 0) is 30.2 Å². The summed E-state index contributed by atoms with van der Waals surface area (Å²) in [5.74, 6) is -0.138. The smallest absolute Gasteiger partial charge is 0.286 e. The highest BCUT2D eigenvalue weighted by Gasteiger charge is 2.10. The molecule has 0 unspecified atom stereocenters. The highest BCUT2D eigenvalue weighted by Crippen LogP contribution is 2.25. The number of rotatable bonds is 8. The number of hydrogen-bond donors (Lipinski definition) is 2. The van der Waals surface area contributed by atoms with Crippen LogP contribution in [0, 0.1) is 0 Å². The van der Waals surface area contributed by atoms with Gasteiger partial charge in [0.15, 0.2) is 10.9 Å². The van der Waals surface area contributed by atoms with Crippen LogP contribution in [-0.2, 0) is 11.2 Å². The minimum Gasteiger partial charge on any atom is -0.459 e. The van der Waals surface area contributed by atoms with Gasteiger partial charge >= 0.3 is 0 Å². The minimum absolute atomic E-state index is 0.121. The molecule has 0 aliphatic rings. The van der Waals surface area contributed by atoms with E-state index in [1.165, 1.54) is 23.2 Å². The van der Waals surface area contributed by atoms with Gasteiger partial charge in [0.2, 0.25) is 5.91 Å². The standard InChI is InChI=1S/C19H18BrN3O3S/c20-15-6-2-1-5-13(15)11-14-12-22-19(27-14)23-17(24)8-3-9-21-18(25)16-7-4-10-26-16/h1-2,4-7,10,12H,3,8-9,11H2,(H,21,25)(H,22,23,24). The fraction of sp³-hybridized carbons (Fsp3) is 0.211. The van der Waals surface area contributed by atoms with Crippen molar-refractivity contribution in [2.45, 2.75) is 19.3 Å². The lowest BCUT2D eigenvalue weighted by Crippen LogP contribution is -2.25. The monoisotopic (exact) mass is 447 g/mol. The molecular formula is C19H18BrN3O3S. The van der Waals surface area contributed by atoms with Crippen LogP contribution in [0.5, 0.6) is 0 Å². The fourth-order valence-electron chi connectivity index (χ4n) is 2.40. The Balaban J connectivity index is 1.40. The Hall–Kier alpha value is -2.45. The SMILES string of the molecule is O=C(CCCNC(=O)c1ccco1)Nc1ncc(Cc2ccccc2Br)s1. The predicted molar refractivity (Wildman–Crippen MR) is 108 cm³/mol. The lowest BCUT2D eigenvalue weighted by molar-refractivity contribution is -0.116. The van der Waals surface area contributed by atoms with E-state index in [-0.39, 0.29) is 17.6 Å². The molecule has 1 aromatic carbocycles. The van der Waals surface area contributed by atoms with Crippen LogP contribution in [0.1, 0.15) is 33.8 Å². The van der Waals surface area contributed by atoms with E-state index >= 15 is 0 Å². The molecule has 0 radical (unpaired) electrons. The zero-order valence-corrected chi connectivity index (χ0v) is 16.8. The molecule has 3 aromatic rings. The number of amides is 2. The summed E-state index contributed by atoms with van der Waals surface area (Å²) in [7, 11) is 0.